The van der Waals surface area contributed by atoms with Crippen LogP contribution in [0.5, 0.6) is 0 Å². The summed E-state index contributed by atoms with van der Waals surface area (Å²) in [6.45, 7) is 1.93. The number of nitrogens with one attached hydrogen (secondary N) is 2. The summed E-state index contributed by atoms with van der Waals surface area (Å²) >= 11 is 0. The van der Waals surface area contributed by atoms with Gasteiger partial charge in [0.25, 0.3) is 11.5 Å². The van der Waals surface area contributed by atoms with E-state index in [1.807, 2.05) is 6.92 Å². The molecule has 0 spiro atoms. The molecule has 5 nitrogen and oxygen atoms in total. The van der Waals surface area contributed by atoms with Gasteiger partial charge >= 0.3 is 0 Å². The van der Waals surface area contributed by atoms with Crippen LogP contribution in [0.3, 0.4) is 0 Å². The number of aromatic amines is 1. The summed E-state index contributed by atoms with van der Waals surface area (Å²) in [5.41, 5.74) is -0.308. The molecule has 0 saturated carbocycles. The van der Waals surface area contributed by atoms with Crippen LogP contribution in [-0.2, 0) is 0 Å². The lowest BCUT2D eigenvalue weighted by atomic mass is 10.1. The third kappa shape index (κ3) is 3.20. The molecule has 1 aromatic heterocycles. The van der Waals surface area contributed by atoms with Gasteiger partial charge in [0.05, 0.1) is 0 Å². The molecule has 0 saturated heterocycles. The largest absolute Gasteiger partial charge is 0.396 e. The molecule has 1 heterocycles. The minimum atomic E-state index is -0.404. The van der Waals surface area contributed by atoms with Crippen LogP contribution >= 0.6 is 0 Å². The van der Waals surface area contributed by atoms with Crippen LogP contribution < -0.4 is 10.9 Å². The first-order valence-corrected chi connectivity index (χ1v) is 5.28. The number of hydrogen-bond donors (Lipinski definition) is 3. The molecule has 0 aliphatic carbocycles. The summed E-state index contributed by atoms with van der Waals surface area (Å²) in [5.74, 6) is -0.401. The lowest BCUT2D eigenvalue weighted by molar-refractivity contribution is 0.0927. The maximum atomic E-state index is 11.7. The van der Waals surface area contributed by atoms with Gasteiger partial charge in [-0.15, -0.1) is 0 Å². The molecule has 16 heavy (non-hydrogen) atoms. The Hall–Kier alpha value is -1.62. The second kappa shape index (κ2) is 6.07. The third-order valence-electron chi connectivity index (χ3n) is 2.37. The summed E-state index contributed by atoms with van der Waals surface area (Å²) in [4.78, 5) is 25.5. The second-order valence-electron chi connectivity index (χ2n) is 3.50. The van der Waals surface area contributed by atoms with Crippen molar-refractivity contribution in [3.05, 3.63) is 34.2 Å². The van der Waals surface area contributed by atoms with Gasteiger partial charge in [-0.2, -0.15) is 0 Å². The topological polar surface area (TPSA) is 82.2 Å². The van der Waals surface area contributed by atoms with Crippen LogP contribution in [0, 0.1) is 0 Å². The Bertz CT molecular complexity index is 400. The van der Waals surface area contributed by atoms with E-state index in [-0.39, 0.29) is 18.2 Å². The zero-order valence-electron chi connectivity index (χ0n) is 9.19. The van der Waals surface area contributed by atoms with E-state index in [1.54, 1.807) is 6.07 Å². The number of aliphatic hydroxyl groups excluding tert-OH is 1. The highest BCUT2D eigenvalue weighted by molar-refractivity contribution is 5.93. The van der Waals surface area contributed by atoms with Crippen molar-refractivity contribution in [2.24, 2.45) is 0 Å². The molecule has 88 valence electrons. The molecule has 1 unspecified atom stereocenters. The van der Waals surface area contributed by atoms with Crippen molar-refractivity contribution in [2.45, 2.75) is 25.8 Å². The van der Waals surface area contributed by atoms with Crippen molar-refractivity contribution in [3.8, 4) is 0 Å². The molecule has 0 bridgehead atoms. The van der Waals surface area contributed by atoms with Gasteiger partial charge in [0, 0.05) is 18.8 Å². The molecule has 0 radical (unpaired) electrons. The van der Waals surface area contributed by atoms with E-state index in [9.17, 15) is 9.59 Å². The fraction of sp³-hybridized carbons (Fsp3) is 0.455. The van der Waals surface area contributed by atoms with E-state index in [2.05, 4.69) is 10.3 Å². The predicted octanol–water partition coefficient (Wildman–Crippen LogP) is 0.266. The van der Waals surface area contributed by atoms with Crippen LogP contribution in [0.1, 0.15) is 30.1 Å². The molecule has 0 aromatic carbocycles. The average molecular weight is 224 g/mol. The number of carbonyl (C=O) groups is 1. The monoisotopic (exact) mass is 224 g/mol. The number of aromatic nitrogens is 1. The highest BCUT2D eigenvalue weighted by Crippen LogP contribution is 1.98. The molecule has 3 N–H and O–H groups in total. The number of amides is 1. The minimum absolute atomic E-state index is 0.0178. The molecule has 0 fully saturated rings. The standard InChI is InChI=1S/C11H16N2O3/c1-2-8(5-7-14)13-11(16)9-4-3-6-12-10(9)15/h3-4,6,8,14H,2,5,7H2,1H3,(H,12,15)(H,13,16). The lowest BCUT2D eigenvalue weighted by Crippen LogP contribution is -2.37. The first-order valence-electron chi connectivity index (χ1n) is 5.28. The van der Waals surface area contributed by atoms with Crippen molar-refractivity contribution in [2.75, 3.05) is 6.61 Å². The molecule has 0 aliphatic rings. The van der Waals surface area contributed by atoms with Crippen LogP contribution in [0.2, 0.25) is 0 Å². The van der Waals surface area contributed by atoms with Crippen LogP contribution in [0.4, 0.5) is 0 Å². The Morgan fingerprint density at radius 1 is 1.62 bits per heavy atom. The fourth-order valence-corrected chi connectivity index (χ4v) is 1.40. The quantitative estimate of drug-likeness (QED) is 0.671. The van der Waals surface area contributed by atoms with E-state index in [0.717, 1.165) is 6.42 Å². The number of aliphatic hydroxyl groups is 1. The van der Waals surface area contributed by atoms with Crippen molar-refractivity contribution in [1.82, 2.24) is 10.3 Å². The van der Waals surface area contributed by atoms with Gasteiger partial charge in [-0.25, -0.2) is 0 Å². The van der Waals surface area contributed by atoms with Gasteiger partial charge in [0.2, 0.25) is 0 Å². The van der Waals surface area contributed by atoms with Gasteiger partial charge in [-0.3, -0.25) is 9.59 Å². The molecule has 0 aliphatic heterocycles. The van der Waals surface area contributed by atoms with Crippen LogP contribution in [0.25, 0.3) is 0 Å². The predicted molar refractivity (Wildman–Crippen MR) is 60.3 cm³/mol. The van der Waals surface area contributed by atoms with E-state index in [4.69, 9.17) is 5.11 Å². The molecule has 1 rings (SSSR count). The Kier molecular flexibility index (Phi) is 4.72. The minimum Gasteiger partial charge on any atom is -0.396 e. The maximum absolute atomic E-state index is 11.7. The van der Waals surface area contributed by atoms with Crippen molar-refractivity contribution in [3.63, 3.8) is 0 Å². The number of H-pyrrole nitrogens is 1. The number of rotatable bonds is 5. The Morgan fingerprint density at radius 3 is 2.94 bits per heavy atom. The zero-order valence-corrected chi connectivity index (χ0v) is 9.19. The summed E-state index contributed by atoms with van der Waals surface area (Å²) in [6.07, 6.45) is 2.69. The van der Waals surface area contributed by atoms with Gasteiger partial charge in [-0.05, 0) is 25.0 Å². The first-order chi connectivity index (χ1) is 7.69. The summed E-state index contributed by atoms with van der Waals surface area (Å²) < 4.78 is 0. The Morgan fingerprint density at radius 2 is 2.38 bits per heavy atom. The van der Waals surface area contributed by atoms with Crippen molar-refractivity contribution in [1.29, 1.82) is 0 Å². The molecule has 5 heteroatoms. The van der Waals surface area contributed by atoms with Gasteiger partial charge in [0.1, 0.15) is 5.56 Å². The van der Waals surface area contributed by atoms with Crippen molar-refractivity contribution >= 4 is 5.91 Å². The first kappa shape index (κ1) is 12.4. The van der Waals surface area contributed by atoms with E-state index in [1.165, 1.54) is 12.3 Å². The highest BCUT2D eigenvalue weighted by atomic mass is 16.3. The summed E-state index contributed by atoms with van der Waals surface area (Å²) in [7, 11) is 0. The molecular formula is C11H16N2O3. The zero-order chi connectivity index (χ0) is 12.0. The Balaban J connectivity index is 2.72. The van der Waals surface area contributed by atoms with Crippen LogP contribution in [-0.4, -0.2) is 28.6 Å². The SMILES string of the molecule is CCC(CCO)NC(=O)c1ccc[nH]c1=O. The maximum Gasteiger partial charge on any atom is 0.260 e. The second-order valence-corrected chi connectivity index (χ2v) is 3.50. The normalized spacial score (nSPS) is 12.1. The van der Waals surface area contributed by atoms with Gasteiger partial charge < -0.3 is 15.4 Å². The lowest BCUT2D eigenvalue weighted by Gasteiger charge is -2.15. The summed E-state index contributed by atoms with van der Waals surface area (Å²) in [5, 5.41) is 11.5. The molecule has 1 atom stereocenters. The van der Waals surface area contributed by atoms with E-state index < -0.39 is 11.5 Å². The number of carbonyl (C=O) groups excluding carboxylic acids is 1. The fourth-order valence-electron chi connectivity index (χ4n) is 1.40. The van der Waals surface area contributed by atoms with E-state index >= 15 is 0 Å². The third-order valence-corrected chi connectivity index (χ3v) is 2.37. The average Bonchev–Trinajstić information content (AvgIpc) is 2.28. The van der Waals surface area contributed by atoms with E-state index in [0.29, 0.717) is 6.42 Å². The van der Waals surface area contributed by atoms with Crippen molar-refractivity contribution < 1.29 is 9.90 Å². The molecule has 1 aromatic rings. The van der Waals surface area contributed by atoms with Crippen LogP contribution in [0.15, 0.2) is 23.1 Å². The van der Waals surface area contributed by atoms with Gasteiger partial charge in [-0.1, -0.05) is 6.92 Å². The van der Waals surface area contributed by atoms with Gasteiger partial charge in [0.15, 0.2) is 0 Å². The highest BCUT2D eigenvalue weighted by Gasteiger charge is 2.13. The Labute approximate surface area is 93.5 Å². The number of pyridine rings is 1. The smallest absolute Gasteiger partial charge is 0.260 e. The molecular weight excluding hydrogens is 208 g/mol. The molecule has 1 amide bonds. The summed E-state index contributed by atoms with van der Waals surface area (Å²) in [6, 6.07) is 2.97. The number of hydrogen-bond acceptors (Lipinski definition) is 3.